The maximum Gasteiger partial charge on any atom is 0.326 e. The van der Waals surface area contributed by atoms with Gasteiger partial charge in [-0.2, -0.15) is 0 Å². The number of H-pyrrole nitrogens is 1. The van der Waals surface area contributed by atoms with Crippen molar-refractivity contribution in [1.29, 1.82) is 0 Å². The Hall–Kier alpha value is -3.40. The molecule has 0 spiro atoms. The number of nitrogens with one attached hydrogen (secondary N) is 3. The van der Waals surface area contributed by atoms with Crippen LogP contribution in [0.25, 0.3) is 10.9 Å². The van der Waals surface area contributed by atoms with Crippen LogP contribution in [-0.2, 0) is 25.6 Å². The van der Waals surface area contributed by atoms with Gasteiger partial charge in [0.05, 0.1) is 6.04 Å². The van der Waals surface area contributed by atoms with Crippen molar-refractivity contribution in [1.82, 2.24) is 15.6 Å². The minimum Gasteiger partial charge on any atom is -0.481 e. The summed E-state index contributed by atoms with van der Waals surface area (Å²) in [6.45, 7) is 1.39. The summed E-state index contributed by atoms with van der Waals surface area (Å²) in [5, 5.41) is 23.4. The van der Waals surface area contributed by atoms with Gasteiger partial charge in [-0.1, -0.05) is 18.2 Å². The highest BCUT2D eigenvalue weighted by Crippen LogP contribution is 2.18. The van der Waals surface area contributed by atoms with Crippen LogP contribution in [-0.4, -0.2) is 57.1 Å². The second-order valence-electron chi connectivity index (χ2n) is 6.73. The zero-order valence-electron chi connectivity index (χ0n) is 15.8. The van der Waals surface area contributed by atoms with E-state index in [1.54, 1.807) is 6.20 Å². The molecule has 10 nitrogen and oxygen atoms in total. The molecule has 156 valence electrons. The number of aliphatic carboxylic acids is 2. The van der Waals surface area contributed by atoms with E-state index in [2.05, 4.69) is 15.6 Å². The molecule has 2 amide bonds. The van der Waals surface area contributed by atoms with Gasteiger partial charge in [0.1, 0.15) is 12.1 Å². The predicted octanol–water partition coefficient (Wildman–Crippen LogP) is -0.0234. The minimum atomic E-state index is -1.36. The first-order valence-electron chi connectivity index (χ1n) is 9.05. The lowest BCUT2D eigenvalue weighted by Gasteiger charge is -2.20. The van der Waals surface area contributed by atoms with Crippen LogP contribution in [0.1, 0.15) is 25.3 Å². The van der Waals surface area contributed by atoms with Crippen LogP contribution in [0.5, 0.6) is 0 Å². The van der Waals surface area contributed by atoms with Crippen molar-refractivity contribution < 1.29 is 29.4 Å². The first kappa shape index (κ1) is 21.9. The number of para-hydroxylation sites is 1. The fraction of sp³-hybridized carbons (Fsp3) is 0.368. The fourth-order valence-electron chi connectivity index (χ4n) is 2.84. The Labute approximate surface area is 166 Å². The monoisotopic (exact) mass is 404 g/mol. The second kappa shape index (κ2) is 9.69. The highest BCUT2D eigenvalue weighted by molar-refractivity contribution is 5.92. The molecular weight excluding hydrogens is 380 g/mol. The number of nitrogens with two attached hydrogens (primary N) is 1. The van der Waals surface area contributed by atoms with Gasteiger partial charge in [-0.25, -0.2) is 4.79 Å². The molecule has 0 aliphatic heterocycles. The van der Waals surface area contributed by atoms with E-state index in [1.807, 2.05) is 24.3 Å². The van der Waals surface area contributed by atoms with Crippen molar-refractivity contribution in [3.8, 4) is 0 Å². The SMILES string of the molecule is C[C@H](NC(=O)[C@@H](N)Cc1c[nH]c2ccccc12)C(=O)N[C@@H](CCC(=O)O)C(=O)O. The first-order chi connectivity index (χ1) is 13.7. The van der Waals surface area contributed by atoms with Crippen LogP contribution in [0.2, 0.25) is 0 Å². The summed E-state index contributed by atoms with van der Waals surface area (Å²) >= 11 is 0. The topological polar surface area (TPSA) is 175 Å². The number of carbonyl (C=O) groups is 4. The van der Waals surface area contributed by atoms with E-state index in [1.165, 1.54) is 6.92 Å². The molecule has 0 saturated carbocycles. The summed E-state index contributed by atoms with van der Waals surface area (Å²) in [6.07, 6.45) is 1.35. The molecule has 7 N–H and O–H groups in total. The molecule has 0 unspecified atom stereocenters. The summed E-state index contributed by atoms with van der Waals surface area (Å²) in [7, 11) is 0. The third-order valence-electron chi connectivity index (χ3n) is 4.47. The van der Waals surface area contributed by atoms with Crippen LogP contribution in [0.4, 0.5) is 0 Å². The van der Waals surface area contributed by atoms with Gasteiger partial charge in [0.2, 0.25) is 11.8 Å². The summed E-state index contributed by atoms with van der Waals surface area (Å²) in [5.41, 5.74) is 7.74. The lowest BCUT2D eigenvalue weighted by atomic mass is 10.0. The van der Waals surface area contributed by atoms with Crippen molar-refractivity contribution in [2.45, 2.75) is 44.3 Å². The van der Waals surface area contributed by atoms with Crippen LogP contribution < -0.4 is 16.4 Å². The standard InChI is InChI=1S/C19H24N4O6/c1-10(17(26)23-15(19(28)29)6-7-16(24)25)22-18(27)13(20)8-11-9-21-14-5-3-2-4-12(11)14/h2-5,9-10,13,15,21H,6-8,20H2,1H3,(H,22,27)(H,23,26)(H,24,25)(H,28,29)/t10-,13-,15-/m0/s1. The number of carboxylic acid groups (broad SMARTS) is 2. The van der Waals surface area contributed by atoms with Crippen LogP contribution in [0.15, 0.2) is 30.5 Å². The lowest BCUT2D eigenvalue weighted by molar-refractivity contribution is -0.143. The molecule has 1 aromatic heterocycles. The normalized spacial score (nSPS) is 14.0. The Morgan fingerprint density at radius 2 is 1.79 bits per heavy atom. The molecule has 29 heavy (non-hydrogen) atoms. The van der Waals surface area contributed by atoms with Gasteiger partial charge in [0.25, 0.3) is 0 Å². The molecule has 0 aliphatic rings. The van der Waals surface area contributed by atoms with Gasteiger partial charge in [0, 0.05) is 23.5 Å². The Balaban J connectivity index is 1.91. The van der Waals surface area contributed by atoms with E-state index in [-0.39, 0.29) is 12.8 Å². The lowest BCUT2D eigenvalue weighted by Crippen LogP contribution is -2.53. The maximum absolute atomic E-state index is 12.3. The zero-order chi connectivity index (χ0) is 21.6. The van der Waals surface area contributed by atoms with Crippen molar-refractivity contribution in [3.05, 3.63) is 36.0 Å². The Kier molecular flexibility index (Phi) is 7.32. The molecule has 10 heteroatoms. The minimum absolute atomic E-state index is 0.251. The second-order valence-corrected chi connectivity index (χ2v) is 6.73. The zero-order valence-corrected chi connectivity index (χ0v) is 15.8. The van der Waals surface area contributed by atoms with E-state index in [0.29, 0.717) is 0 Å². The van der Waals surface area contributed by atoms with Gasteiger partial charge >= 0.3 is 11.9 Å². The molecule has 0 fully saturated rings. The molecule has 1 aromatic carbocycles. The van der Waals surface area contributed by atoms with Crippen molar-refractivity contribution in [3.63, 3.8) is 0 Å². The van der Waals surface area contributed by atoms with Crippen molar-refractivity contribution in [2.24, 2.45) is 5.73 Å². The van der Waals surface area contributed by atoms with E-state index >= 15 is 0 Å². The van der Waals surface area contributed by atoms with Gasteiger partial charge in [-0.3, -0.25) is 14.4 Å². The van der Waals surface area contributed by atoms with Crippen molar-refractivity contribution >= 4 is 34.7 Å². The third kappa shape index (κ3) is 6.04. The largest absolute Gasteiger partial charge is 0.481 e. The number of hydrogen-bond acceptors (Lipinski definition) is 5. The Morgan fingerprint density at radius 1 is 1.10 bits per heavy atom. The third-order valence-corrected chi connectivity index (χ3v) is 4.47. The highest BCUT2D eigenvalue weighted by atomic mass is 16.4. The van der Waals surface area contributed by atoms with Gasteiger partial charge in [-0.05, 0) is 31.4 Å². The molecule has 2 aromatic rings. The predicted molar refractivity (Wildman–Crippen MR) is 104 cm³/mol. The number of carboxylic acids is 2. The molecule has 0 bridgehead atoms. The average Bonchev–Trinajstić information content (AvgIpc) is 3.07. The Morgan fingerprint density at radius 3 is 2.45 bits per heavy atom. The number of carbonyl (C=O) groups excluding carboxylic acids is 2. The van der Waals surface area contributed by atoms with Gasteiger partial charge in [-0.15, -0.1) is 0 Å². The molecule has 0 radical (unpaired) electrons. The van der Waals surface area contributed by atoms with Gasteiger partial charge in [0.15, 0.2) is 0 Å². The molecular formula is C19H24N4O6. The molecule has 3 atom stereocenters. The van der Waals surface area contributed by atoms with E-state index in [0.717, 1.165) is 16.5 Å². The van der Waals surface area contributed by atoms with Crippen LogP contribution >= 0.6 is 0 Å². The van der Waals surface area contributed by atoms with Crippen molar-refractivity contribution in [2.75, 3.05) is 0 Å². The fourth-order valence-corrected chi connectivity index (χ4v) is 2.84. The van der Waals surface area contributed by atoms with Crippen LogP contribution in [0, 0.1) is 0 Å². The smallest absolute Gasteiger partial charge is 0.326 e. The van der Waals surface area contributed by atoms with E-state index < -0.39 is 48.3 Å². The summed E-state index contributed by atoms with van der Waals surface area (Å²) in [4.78, 5) is 49.4. The number of aromatic amines is 1. The maximum atomic E-state index is 12.3. The average molecular weight is 404 g/mol. The van der Waals surface area contributed by atoms with Crippen LogP contribution in [0.3, 0.4) is 0 Å². The number of rotatable bonds is 10. The molecule has 2 rings (SSSR count). The van der Waals surface area contributed by atoms with E-state index in [4.69, 9.17) is 15.9 Å². The summed E-state index contributed by atoms with van der Waals surface area (Å²) in [5.74, 6) is -3.82. The summed E-state index contributed by atoms with van der Waals surface area (Å²) in [6, 6.07) is 4.26. The van der Waals surface area contributed by atoms with E-state index in [9.17, 15) is 19.2 Å². The first-order valence-corrected chi connectivity index (χ1v) is 9.05. The number of benzene rings is 1. The number of hydrogen-bond donors (Lipinski definition) is 6. The number of amides is 2. The molecule has 1 heterocycles. The molecule has 0 saturated heterocycles. The quantitative estimate of drug-likeness (QED) is 0.322. The molecule has 0 aliphatic carbocycles. The Bertz CT molecular complexity index is 909. The van der Waals surface area contributed by atoms with Gasteiger partial charge < -0.3 is 31.6 Å². The highest BCUT2D eigenvalue weighted by Gasteiger charge is 2.26. The number of aromatic nitrogens is 1. The summed E-state index contributed by atoms with van der Waals surface area (Å²) < 4.78 is 0. The number of fused-ring (bicyclic) bond motifs is 1.